The van der Waals surface area contributed by atoms with Crippen LogP contribution in [0.1, 0.15) is 0 Å². The molecule has 5 nitrogen and oxygen atoms in total. The van der Waals surface area contributed by atoms with Crippen LogP contribution in [0.15, 0.2) is 41.0 Å². The van der Waals surface area contributed by atoms with Gasteiger partial charge in [0.2, 0.25) is 5.88 Å². The maximum absolute atomic E-state index is 13.1. The highest BCUT2D eigenvalue weighted by atomic mass is 79.9. The number of nitro groups is 1. The summed E-state index contributed by atoms with van der Waals surface area (Å²) in [7, 11) is 0. The number of hydrogen-bond donors (Lipinski definition) is 0. The SMILES string of the molecule is O=[N+]([O-])c1ccc(Oc2cc(F)cc(Br)c2)nc1. The molecule has 0 radical (unpaired) electrons. The molecule has 0 amide bonds. The molecule has 0 saturated heterocycles. The van der Waals surface area contributed by atoms with Crippen LogP contribution in [0.4, 0.5) is 10.1 Å². The van der Waals surface area contributed by atoms with E-state index in [9.17, 15) is 14.5 Å². The fourth-order valence-corrected chi connectivity index (χ4v) is 1.69. The zero-order valence-electron chi connectivity index (χ0n) is 8.84. The Hall–Kier alpha value is -2.02. The average Bonchev–Trinajstić information content (AvgIpc) is 2.28. The summed E-state index contributed by atoms with van der Waals surface area (Å²) in [4.78, 5) is 13.6. The minimum atomic E-state index is -0.560. The molecule has 0 aliphatic carbocycles. The molecule has 0 unspecified atom stereocenters. The average molecular weight is 313 g/mol. The number of nitrogens with zero attached hydrogens (tertiary/aromatic N) is 2. The zero-order valence-corrected chi connectivity index (χ0v) is 10.4. The molecule has 0 N–H and O–H groups in total. The number of pyridine rings is 1. The maximum Gasteiger partial charge on any atom is 0.287 e. The van der Waals surface area contributed by atoms with E-state index in [2.05, 4.69) is 20.9 Å². The maximum atomic E-state index is 13.1. The molecular formula is C11H6BrFN2O3. The molecule has 0 spiro atoms. The number of ether oxygens (including phenoxy) is 1. The molecule has 0 aliphatic rings. The number of rotatable bonds is 3. The Balaban J connectivity index is 2.20. The molecule has 0 fully saturated rings. The van der Waals surface area contributed by atoms with Crippen molar-refractivity contribution in [2.45, 2.75) is 0 Å². The van der Waals surface area contributed by atoms with Gasteiger partial charge in [-0.15, -0.1) is 0 Å². The van der Waals surface area contributed by atoms with Crippen molar-refractivity contribution in [1.82, 2.24) is 4.98 Å². The van der Waals surface area contributed by atoms with E-state index >= 15 is 0 Å². The second kappa shape index (κ2) is 5.09. The van der Waals surface area contributed by atoms with Crippen molar-refractivity contribution in [1.29, 1.82) is 0 Å². The summed E-state index contributed by atoms with van der Waals surface area (Å²) in [6.45, 7) is 0. The third-order valence-corrected chi connectivity index (χ3v) is 2.45. The molecule has 7 heteroatoms. The summed E-state index contributed by atoms with van der Waals surface area (Å²) in [6, 6.07) is 6.64. The molecule has 18 heavy (non-hydrogen) atoms. The first-order valence-electron chi connectivity index (χ1n) is 4.79. The smallest absolute Gasteiger partial charge is 0.287 e. The largest absolute Gasteiger partial charge is 0.439 e. The van der Waals surface area contributed by atoms with E-state index in [1.165, 1.54) is 24.3 Å². The molecular weight excluding hydrogens is 307 g/mol. The Kier molecular flexibility index (Phi) is 3.52. The summed E-state index contributed by atoms with van der Waals surface area (Å²) in [6.07, 6.45) is 1.07. The molecule has 0 bridgehead atoms. The van der Waals surface area contributed by atoms with Gasteiger partial charge in [-0.2, -0.15) is 0 Å². The zero-order chi connectivity index (χ0) is 13.1. The fraction of sp³-hybridized carbons (Fsp3) is 0. The third kappa shape index (κ3) is 3.01. The normalized spacial score (nSPS) is 10.1. The van der Waals surface area contributed by atoms with E-state index in [4.69, 9.17) is 4.74 Å². The minimum Gasteiger partial charge on any atom is -0.439 e. The summed E-state index contributed by atoms with van der Waals surface area (Å²) in [5.41, 5.74) is -0.136. The van der Waals surface area contributed by atoms with Crippen molar-refractivity contribution in [3.63, 3.8) is 0 Å². The number of hydrogen-bond acceptors (Lipinski definition) is 4. The number of aromatic nitrogens is 1. The monoisotopic (exact) mass is 312 g/mol. The first-order valence-corrected chi connectivity index (χ1v) is 5.58. The van der Waals surface area contributed by atoms with Gasteiger partial charge in [0.1, 0.15) is 17.8 Å². The van der Waals surface area contributed by atoms with E-state index in [-0.39, 0.29) is 17.3 Å². The van der Waals surface area contributed by atoms with Crippen molar-refractivity contribution >= 4 is 21.6 Å². The molecule has 1 heterocycles. The number of benzene rings is 1. The van der Waals surface area contributed by atoms with Crippen LogP contribution in [0.2, 0.25) is 0 Å². The van der Waals surface area contributed by atoms with Crippen LogP contribution in [0.5, 0.6) is 11.6 Å². The molecule has 0 saturated carbocycles. The third-order valence-electron chi connectivity index (χ3n) is 1.99. The highest BCUT2D eigenvalue weighted by Crippen LogP contribution is 2.25. The minimum absolute atomic E-state index is 0.136. The van der Waals surface area contributed by atoms with E-state index < -0.39 is 10.7 Å². The first-order chi connectivity index (χ1) is 8.54. The predicted octanol–water partition coefficient (Wildman–Crippen LogP) is 3.68. The van der Waals surface area contributed by atoms with Gasteiger partial charge in [-0.25, -0.2) is 9.37 Å². The van der Waals surface area contributed by atoms with Gasteiger partial charge >= 0.3 is 0 Å². The molecule has 0 aliphatic heterocycles. The topological polar surface area (TPSA) is 65.3 Å². The summed E-state index contributed by atoms with van der Waals surface area (Å²) >= 11 is 3.13. The van der Waals surface area contributed by atoms with E-state index in [1.807, 2.05) is 0 Å². The highest BCUT2D eigenvalue weighted by Gasteiger charge is 2.07. The van der Waals surface area contributed by atoms with Crippen LogP contribution in [0, 0.1) is 15.9 Å². The molecule has 92 valence electrons. The van der Waals surface area contributed by atoms with Crippen molar-refractivity contribution in [3.8, 4) is 11.6 Å². The van der Waals surface area contributed by atoms with Gasteiger partial charge in [-0.3, -0.25) is 10.1 Å². The Morgan fingerprint density at radius 1 is 1.33 bits per heavy atom. The molecule has 0 atom stereocenters. The number of halogens is 2. The summed E-state index contributed by atoms with van der Waals surface area (Å²) in [5.74, 6) is -0.0531. The van der Waals surface area contributed by atoms with Gasteiger partial charge in [0.15, 0.2) is 0 Å². The Morgan fingerprint density at radius 3 is 2.67 bits per heavy atom. The van der Waals surface area contributed by atoms with E-state index in [0.717, 1.165) is 6.20 Å². The first kappa shape index (κ1) is 12.4. The van der Waals surface area contributed by atoms with E-state index in [0.29, 0.717) is 4.47 Å². The Bertz CT molecular complexity index is 569. The van der Waals surface area contributed by atoms with Crippen LogP contribution in [0.3, 0.4) is 0 Å². The van der Waals surface area contributed by atoms with Crippen LogP contribution >= 0.6 is 15.9 Å². The molecule has 2 rings (SSSR count). The van der Waals surface area contributed by atoms with Crippen molar-refractivity contribution < 1.29 is 14.1 Å². The van der Waals surface area contributed by atoms with Crippen molar-refractivity contribution in [2.24, 2.45) is 0 Å². The van der Waals surface area contributed by atoms with Gasteiger partial charge in [-0.05, 0) is 12.1 Å². The van der Waals surface area contributed by atoms with Crippen LogP contribution in [0.25, 0.3) is 0 Å². The van der Waals surface area contributed by atoms with Gasteiger partial charge < -0.3 is 4.74 Å². The molecule has 1 aromatic heterocycles. The lowest BCUT2D eigenvalue weighted by Crippen LogP contribution is -1.92. The van der Waals surface area contributed by atoms with Crippen molar-refractivity contribution in [3.05, 3.63) is 56.9 Å². The molecule has 2 aromatic rings. The highest BCUT2D eigenvalue weighted by molar-refractivity contribution is 9.10. The Labute approximate surface area is 110 Å². The summed E-state index contributed by atoms with van der Waals surface area (Å²) < 4.78 is 18.9. The van der Waals surface area contributed by atoms with Gasteiger partial charge in [0, 0.05) is 22.7 Å². The summed E-state index contributed by atoms with van der Waals surface area (Å²) in [5, 5.41) is 10.4. The van der Waals surface area contributed by atoms with Crippen LogP contribution in [-0.4, -0.2) is 9.91 Å². The quantitative estimate of drug-likeness (QED) is 0.640. The fourth-order valence-electron chi connectivity index (χ4n) is 1.25. The van der Waals surface area contributed by atoms with Gasteiger partial charge in [-0.1, -0.05) is 15.9 Å². The predicted molar refractivity (Wildman–Crippen MR) is 65.1 cm³/mol. The standard InChI is InChI=1S/C11H6BrFN2O3/c12-7-3-8(13)5-10(4-7)18-11-2-1-9(6-14-11)15(16)17/h1-6H. The van der Waals surface area contributed by atoms with Crippen LogP contribution in [-0.2, 0) is 0 Å². The molecule has 1 aromatic carbocycles. The van der Waals surface area contributed by atoms with Crippen molar-refractivity contribution in [2.75, 3.05) is 0 Å². The van der Waals surface area contributed by atoms with Gasteiger partial charge in [0.25, 0.3) is 5.69 Å². The van der Waals surface area contributed by atoms with Crippen LogP contribution < -0.4 is 4.74 Å². The van der Waals surface area contributed by atoms with Gasteiger partial charge in [0.05, 0.1) is 4.92 Å². The second-order valence-corrected chi connectivity index (χ2v) is 4.23. The van der Waals surface area contributed by atoms with E-state index in [1.54, 1.807) is 6.07 Å². The Morgan fingerprint density at radius 2 is 2.11 bits per heavy atom. The lowest BCUT2D eigenvalue weighted by Gasteiger charge is -2.04. The lowest BCUT2D eigenvalue weighted by molar-refractivity contribution is -0.385. The lowest BCUT2D eigenvalue weighted by atomic mass is 10.3. The second-order valence-electron chi connectivity index (χ2n) is 3.32.